The van der Waals surface area contributed by atoms with Crippen molar-refractivity contribution in [2.24, 2.45) is 0 Å². The first-order chi connectivity index (χ1) is 17.8. The van der Waals surface area contributed by atoms with Crippen molar-refractivity contribution >= 4 is 28.9 Å². The van der Waals surface area contributed by atoms with Gasteiger partial charge in [0.05, 0.1) is 12.0 Å². The highest BCUT2D eigenvalue weighted by Gasteiger charge is 2.22. The second kappa shape index (κ2) is 13.4. The number of fused-ring (bicyclic) bond motifs is 1. The van der Waals surface area contributed by atoms with Crippen LogP contribution in [-0.4, -0.2) is 63.8 Å². The molecule has 1 unspecified atom stereocenters. The van der Waals surface area contributed by atoms with Crippen molar-refractivity contribution in [3.63, 3.8) is 0 Å². The Morgan fingerprint density at radius 1 is 1.11 bits per heavy atom. The molecule has 1 atom stereocenters. The van der Waals surface area contributed by atoms with Gasteiger partial charge in [-0.05, 0) is 55.9 Å². The Hall–Kier alpha value is -3.99. The van der Waals surface area contributed by atoms with Crippen molar-refractivity contribution in [1.82, 2.24) is 20.3 Å². The standard InChI is InChI=1S/C26H32N4O7/c1-3-12-36-13-14-37-21(31)11-10-20(26(34)35)30-24(32)18-7-4-17(5-8-18)6-9-19-15-27-23-22(19)25(33)29-16(2)28-23/h4-5,7-8,15,20H,3,6,9-14H2,1-2H3,(H,30,32)(H,34,35)(H2,27,28,29,33). The molecule has 0 bridgehead atoms. The Balaban J connectivity index is 1.50. The molecule has 2 heterocycles. The maximum Gasteiger partial charge on any atom is 0.326 e. The first-order valence-electron chi connectivity index (χ1n) is 12.2. The molecule has 0 saturated heterocycles. The summed E-state index contributed by atoms with van der Waals surface area (Å²) in [5, 5.41) is 12.4. The fourth-order valence-electron chi connectivity index (χ4n) is 3.81. The van der Waals surface area contributed by atoms with E-state index in [0.29, 0.717) is 41.9 Å². The van der Waals surface area contributed by atoms with Gasteiger partial charge in [0.25, 0.3) is 11.5 Å². The lowest BCUT2D eigenvalue weighted by Gasteiger charge is -2.14. The summed E-state index contributed by atoms with van der Waals surface area (Å²) in [6.45, 7) is 4.65. The molecule has 4 N–H and O–H groups in total. The number of carboxylic acids is 1. The van der Waals surface area contributed by atoms with Gasteiger partial charge in [-0.2, -0.15) is 0 Å². The van der Waals surface area contributed by atoms with Gasteiger partial charge in [-0.15, -0.1) is 0 Å². The summed E-state index contributed by atoms with van der Waals surface area (Å²) in [5.74, 6) is -1.79. The molecule has 1 aromatic carbocycles. The number of benzene rings is 1. The average Bonchev–Trinajstić information content (AvgIpc) is 3.28. The van der Waals surface area contributed by atoms with Gasteiger partial charge in [0.1, 0.15) is 24.1 Å². The summed E-state index contributed by atoms with van der Waals surface area (Å²) in [6, 6.07) is 5.56. The molecule has 0 aliphatic heterocycles. The third-order valence-electron chi connectivity index (χ3n) is 5.72. The zero-order valence-electron chi connectivity index (χ0n) is 21.0. The molecule has 198 valence electrons. The highest BCUT2D eigenvalue weighted by atomic mass is 16.6. The van der Waals surface area contributed by atoms with Crippen LogP contribution in [0.1, 0.15) is 53.5 Å². The number of ether oxygens (including phenoxy) is 2. The van der Waals surface area contributed by atoms with E-state index in [2.05, 4.69) is 20.3 Å². The Bertz CT molecular complexity index is 1280. The van der Waals surface area contributed by atoms with Gasteiger partial charge >= 0.3 is 11.9 Å². The topological polar surface area (TPSA) is 163 Å². The van der Waals surface area contributed by atoms with Gasteiger partial charge in [-0.3, -0.25) is 14.4 Å². The highest BCUT2D eigenvalue weighted by molar-refractivity contribution is 5.96. The molecular formula is C26H32N4O7. The quantitative estimate of drug-likeness (QED) is 0.189. The summed E-state index contributed by atoms with van der Waals surface area (Å²) in [4.78, 5) is 58.3. The molecule has 2 aromatic heterocycles. The predicted octanol–water partition coefficient (Wildman–Crippen LogP) is 2.28. The molecule has 3 aromatic rings. The highest BCUT2D eigenvalue weighted by Crippen LogP contribution is 2.16. The molecule has 3 rings (SSSR count). The molecule has 0 saturated carbocycles. The fourth-order valence-corrected chi connectivity index (χ4v) is 3.81. The Kier molecular flexibility index (Phi) is 9.96. The number of aromatic amines is 2. The van der Waals surface area contributed by atoms with Gasteiger partial charge in [-0.1, -0.05) is 19.1 Å². The molecule has 0 aliphatic carbocycles. The summed E-state index contributed by atoms with van der Waals surface area (Å²) in [7, 11) is 0. The minimum atomic E-state index is -1.23. The third-order valence-corrected chi connectivity index (χ3v) is 5.72. The molecule has 11 nitrogen and oxygen atoms in total. The Labute approximate surface area is 213 Å². The molecule has 0 aliphatic rings. The molecule has 11 heteroatoms. The first kappa shape index (κ1) is 27.6. The Morgan fingerprint density at radius 3 is 2.57 bits per heavy atom. The van der Waals surface area contributed by atoms with Crippen LogP contribution in [-0.2, 0) is 31.9 Å². The van der Waals surface area contributed by atoms with E-state index in [1.807, 2.05) is 6.92 Å². The number of hydrogen-bond acceptors (Lipinski definition) is 7. The zero-order chi connectivity index (χ0) is 26.8. The van der Waals surface area contributed by atoms with E-state index in [0.717, 1.165) is 17.5 Å². The molecule has 0 radical (unpaired) electrons. The number of rotatable bonds is 14. The van der Waals surface area contributed by atoms with E-state index in [-0.39, 0.29) is 31.6 Å². The number of aryl methyl sites for hydroxylation is 3. The molecule has 1 amide bonds. The first-order valence-corrected chi connectivity index (χ1v) is 12.2. The number of H-pyrrole nitrogens is 2. The smallest absolute Gasteiger partial charge is 0.326 e. The molecule has 0 spiro atoms. The lowest BCUT2D eigenvalue weighted by molar-refractivity contribution is -0.146. The minimum absolute atomic E-state index is 0.0913. The number of nitrogens with one attached hydrogen (secondary N) is 3. The number of aromatic nitrogens is 3. The van der Waals surface area contributed by atoms with E-state index in [1.54, 1.807) is 37.4 Å². The molecular weight excluding hydrogens is 480 g/mol. The van der Waals surface area contributed by atoms with Gasteiger partial charge in [-0.25, -0.2) is 9.78 Å². The van der Waals surface area contributed by atoms with E-state index >= 15 is 0 Å². The van der Waals surface area contributed by atoms with Crippen molar-refractivity contribution in [3.8, 4) is 0 Å². The second-order valence-electron chi connectivity index (χ2n) is 8.62. The zero-order valence-corrected chi connectivity index (χ0v) is 21.0. The minimum Gasteiger partial charge on any atom is -0.480 e. The van der Waals surface area contributed by atoms with Crippen LogP contribution in [0.25, 0.3) is 11.0 Å². The number of carboxylic acid groups (broad SMARTS) is 1. The lowest BCUT2D eigenvalue weighted by atomic mass is 10.0. The number of esters is 1. The van der Waals surface area contributed by atoms with Crippen molar-refractivity contribution < 1.29 is 29.0 Å². The maximum absolute atomic E-state index is 12.6. The van der Waals surface area contributed by atoms with Crippen molar-refractivity contribution in [3.05, 3.63) is 63.3 Å². The van der Waals surface area contributed by atoms with E-state index < -0.39 is 23.9 Å². The number of carbonyl (C=O) groups is 3. The second-order valence-corrected chi connectivity index (χ2v) is 8.62. The van der Waals surface area contributed by atoms with E-state index in [1.165, 1.54) is 0 Å². The van der Waals surface area contributed by atoms with E-state index in [4.69, 9.17) is 9.47 Å². The SMILES string of the molecule is CCCOCCOC(=O)CCC(NC(=O)c1ccc(CCc2c[nH]c3nc(C)[nH]c(=O)c23)cc1)C(=O)O. The van der Waals surface area contributed by atoms with Crippen molar-refractivity contribution in [1.29, 1.82) is 0 Å². The van der Waals surface area contributed by atoms with Crippen molar-refractivity contribution in [2.75, 3.05) is 19.8 Å². The normalized spacial score (nSPS) is 11.8. The monoisotopic (exact) mass is 512 g/mol. The van der Waals surface area contributed by atoms with Gasteiger partial charge in [0.15, 0.2) is 0 Å². The van der Waals surface area contributed by atoms with Crippen LogP contribution in [0.15, 0.2) is 35.3 Å². The van der Waals surface area contributed by atoms with Crippen LogP contribution in [0.5, 0.6) is 0 Å². The summed E-state index contributed by atoms with van der Waals surface area (Å²) >= 11 is 0. The Morgan fingerprint density at radius 2 is 1.86 bits per heavy atom. The molecule has 0 fully saturated rings. The molecule has 37 heavy (non-hydrogen) atoms. The summed E-state index contributed by atoms with van der Waals surface area (Å²) in [5.41, 5.74) is 2.46. The maximum atomic E-state index is 12.6. The summed E-state index contributed by atoms with van der Waals surface area (Å²) < 4.78 is 10.2. The van der Waals surface area contributed by atoms with Crippen LogP contribution < -0.4 is 10.9 Å². The van der Waals surface area contributed by atoms with Crippen LogP contribution in [0.2, 0.25) is 0 Å². The van der Waals surface area contributed by atoms with Gasteiger partial charge in [0, 0.05) is 24.8 Å². The van der Waals surface area contributed by atoms with Gasteiger partial charge in [0.2, 0.25) is 0 Å². The average molecular weight is 513 g/mol. The third kappa shape index (κ3) is 8.01. The van der Waals surface area contributed by atoms with Crippen LogP contribution in [0, 0.1) is 6.92 Å². The van der Waals surface area contributed by atoms with Crippen molar-refractivity contribution in [2.45, 2.75) is 52.0 Å². The predicted molar refractivity (Wildman–Crippen MR) is 135 cm³/mol. The van der Waals surface area contributed by atoms with Gasteiger partial charge < -0.3 is 29.9 Å². The number of amides is 1. The lowest BCUT2D eigenvalue weighted by Crippen LogP contribution is -2.41. The van der Waals surface area contributed by atoms with Crippen LogP contribution in [0.3, 0.4) is 0 Å². The summed E-state index contributed by atoms with van der Waals surface area (Å²) in [6.07, 6.45) is 3.63. The number of aliphatic carboxylic acids is 1. The number of hydrogen-bond donors (Lipinski definition) is 4. The van der Waals surface area contributed by atoms with E-state index in [9.17, 15) is 24.3 Å². The number of carbonyl (C=O) groups excluding carboxylic acids is 2. The number of nitrogens with zero attached hydrogens (tertiary/aromatic N) is 1. The van der Waals surface area contributed by atoms with Crippen LogP contribution in [0.4, 0.5) is 0 Å². The largest absolute Gasteiger partial charge is 0.480 e. The van der Waals surface area contributed by atoms with Crippen LogP contribution >= 0.6 is 0 Å². The fraction of sp³-hybridized carbons (Fsp3) is 0.423.